The standard InChI is InChI=1S/C4H9NOS/c1-4-3-5(4)7(2)6/h4H,3H2,1-2H3. The Hall–Kier alpha value is 0.110. The van der Waals surface area contributed by atoms with Crippen LogP contribution >= 0.6 is 0 Å². The molecular weight excluding hydrogens is 110 g/mol. The Morgan fingerprint density at radius 3 is 2.29 bits per heavy atom. The van der Waals surface area contributed by atoms with Gasteiger partial charge in [0.15, 0.2) is 0 Å². The average Bonchev–Trinajstić information content (AvgIpc) is 2.17. The zero-order valence-electron chi connectivity index (χ0n) is 4.55. The first kappa shape index (κ1) is 5.25. The molecule has 0 bridgehead atoms. The molecule has 0 saturated carbocycles. The molecule has 3 heteroatoms. The van der Waals surface area contributed by atoms with Gasteiger partial charge in [-0.25, -0.2) is 8.51 Å². The van der Waals surface area contributed by atoms with Crippen molar-refractivity contribution in [1.29, 1.82) is 0 Å². The van der Waals surface area contributed by atoms with Crippen LogP contribution in [-0.2, 0) is 11.0 Å². The maximum atomic E-state index is 10.5. The van der Waals surface area contributed by atoms with Crippen LogP contribution in [0, 0.1) is 0 Å². The minimum Gasteiger partial charge on any atom is -0.243 e. The highest BCUT2D eigenvalue weighted by Gasteiger charge is 2.31. The molecule has 42 valence electrons. The molecule has 3 unspecified atom stereocenters. The van der Waals surface area contributed by atoms with Crippen LogP contribution in [0.15, 0.2) is 0 Å². The molecule has 0 aromatic carbocycles. The topological polar surface area (TPSA) is 20.1 Å². The molecule has 1 aliphatic heterocycles. The predicted molar refractivity (Wildman–Crippen MR) is 30.2 cm³/mol. The van der Waals surface area contributed by atoms with Gasteiger partial charge >= 0.3 is 0 Å². The van der Waals surface area contributed by atoms with E-state index in [-0.39, 0.29) is 0 Å². The number of rotatable bonds is 1. The van der Waals surface area contributed by atoms with Crippen molar-refractivity contribution in [2.75, 3.05) is 12.8 Å². The van der Waals surface area contributed by atoms with Gasteiger partial charge in [-0.05, 0) is 6.92 Å². The molecule has 0 aromatic rings. The van der Waals surface area contributed by atoms with Crippen molar-refractivity contribution in [3.8, 4) is 0 Å². The largest absolute Gasteiger partial charge is 0.243 e. The van der Waals surface area contributed by atoms with Crippen molar-refractivity contribution in [2.24, 2.45) is 0 Å². The Bertz CT molecular complexity index is 104. The first-order valence-electron chi connectivity index (χ1n) is 2.32. The molecule has 1 aliphatic rings. The lowest BCUT2D eigenvalue weighted by Crippen LogP contribution is -2.00. The van der Waals surface area contributed by atoms with E-state index in [1.807, 2.05) is 4.31 Å². The van der Waals surface area contributed by atoms with Crippen molar-refractivity contribution < 1.29 is 4.21 Å². The van der Waals surface area contributed by atoms with Crippen LogP contribution in [-0.4, -0.2) is 27.4 Å². The second-order valence-electron chi connectivity index (χ2n) is 1.87. The second-order valence-corrected chi connectivity index (χ2v) is 3.19. The highest BCUT2D eigenvalue weighted by atomic mass is 32.2. The molecule has 0 N–H and O–H groups in total. The van der Waals surface area contributed by atoms with Crippen molar-refractivity contribution in [1.82, 2.24) is 4.31 Å². The summed E-state index contributed by atoms with van der Waals surface area (Å²) in [5, 5.41) is 0. The maximum Gasteiger partial charge on any atom is 0.0914 e. The summed E-state index contributed by atoms with van der Waals surface area (Å²) in [5.74, 6) is 0. The first-order valence-corrected chi connectivity index (χ1v) is 3.83. The summed E-state index contributed by atoms with van der Waals surface area (Å²) >= 11 is 0. The Balaban J connectivity index is 2.33. The van der Waals surface area contributed by atoms with Gasteiger partial charge in [0.05, 0.1) is 11.0 Å². The van der Waals surface area contributed by atoms with Gasteiger partial charge in [-0.1, -0.05) is 0 Å². The van der Waals surface area contributed by atoms with Crippen LogP contribution in [0.1, 0.15) is 6.92 Å². The van der Waals surface area contributed by atoms with Gasteiger partial charge in [-0.3, -0.25) is 0 Å². The predicted octanol–water partition coefficient (Wildman–Crippen LogP) is -0.0160. The van der Waals surface area contributed by atoms with E-state index in [0.29, 0.717) is 6.04 Å². The van der Waals surface area contributed by atoms with E-state index in [9.17, 15) is 4.21 Å². The van der Waals surface area contributed by atoms with E-state index in [1.54, 1.807) is 6.26 Å². The zero-order chi connectivity index (χ0) is 5.44. The van der Waals surface area contributed by atoms with Crippen LogP contribution in [0.2, 0.25) is 0 Å². The lowest BCUT2D eigenvalue weighted by Gasteiger charge is -1.88. The van der Waals surface area contributed by atoms with E-state index in [2.05, 4.69) is 6.92 Å². The molecular formula is C4H9NOS. The van der Waals surface area contributed by atoms with Crippen LogP contribution < -0.4 is 0 Å². The number of hydrogen-bond donors (Lipinski definition) is 0. The van der Waals surface area contributed by atoms with Gasteiger partial charge in [0, 0.05) is 18.8 Å². The fourth-order valence-corrected chi connectivity index (χ4v) is 1.50. The van der Waals surface area contributed by atoms with E-state index in [1.165, 1.54) is 0 Å². The molecule has 0 spiro atoms. The van der Waals surface area contributed by atoms with Gasteiger partial charge in [-0.2, -0.15) is 0 Å². The van der Waals surface area contributed by atoms with Crippen LogP contribution in [0.25, 0.3) is 0 Å². The number of hydrogen-bond acceptors (Lipinski definition) is 1. The molecule has 0 amide bonds. The molecule has 1 fully saturated rings. The van der Waals surface area contributed by atoms with Gasteiger partial charge in [-0.15, -0.1) is 0 Å². The highest BCUT2D eigenvalue weighted by Crippen LogP contribution is 2.16. The van der Waals surface area contributed by atoms with Gasteiger partial charge in [0.2, 0.25) is 0 Å². The zero-order valence-corrected chi connectivity index (χ0v) is 5.36. The minimum absolute atomic E-state index is 0.575. The molecule has 1 saturated heterocycles. The quantitative estimate of drug-likeness (QED) is 0.444. The Labute approximate surface area is 46.1 Å². The molecule has 0 aliphatic carbocycles. The van der Waals surface area contributed by atoms with E-state index in [4.69, 9.17) is 0 Å². The minimum atomic E-state index is -0.703. The summed E-state index contributed by atoms with van der Waals surface area (Å²) in [6.07, 6.45) is 1.71. The molecule has 0 aromatic heterocycles. The van der Waals surface area contributed by atoms with Gasteiger partial charge in [0.1, 0.15) is 0 Å². The average molecular weight is 119 g/mol. The normalized spacial score (nSPS) is 43.1. The van der Waals surface area contributed by atoms with Gasteiger partial charge in [0.25, 0.3) is 0 Å². The first-order chi connectivity index (χ1) is 3.22. The Kier molecular flexibility index (Phi) is 1.17. The lowest BCUT2D eigenvalue weighted by atomic mass is 10.6. The lowest BCUT2D eigenvalue weighted by molar-refractivity contribution is 0.654. The third-order valence-electron chi connectivity index (χ3n) is 1.13. The van der Waals surface area contributed by atoms with Gasteiger partial charge < -0.3 is 0 Å². The van der Waals surface area contributed by atoms with Crippen LogP contribution in [0.3, 0.4) is 0 Å². The van der Waals surface area contributed by atoms with Crippen molar-refractivity contribution in [3.63, 3.8) is 0 Å². The summed E-state index contributed by atoms with van der Waals surface area (Å²) in [7, 11) is -0.703. The van der Waals surface area contributed by atoms with Crippen LogP contribution in [0.5, 0.6) is 0 Å². The van der Waals surface area contributed by atoms with Crippen molar-refractivity contribution in [3.05, 3.63) is 0 Å². The van der Waals surface area contributed by atoms with Crippen LogP contribution in [0.4, 0.5) is 0 Å². The monoisotopic (exact) mass is 119 g/mol. The maximum absolute atomic E-state index is 10.5. The smallest absolute Gasteiger partial charge is 0.0914 e. The summed E-state index contributed by atoms with van der Waals surface area (Å²) < 4.78 is 12.4. The molecule has 3 atom stereocenters. The SMILES string of the molecule is CC1CN1S(C)=O. The summed E-state index contributed by atoms with van der Waals surface area (Å²) in [6, 6.07) is 0.575. The fraction of sp³-hybridized carbons (Fsp3) is 1.00. The second kappa shape index (κ2) is 1.56. The Morgan fingerprint density at radius 1 is 1.86 bits per heavy atom. The molecule has 2 nitrogen and oxygen atoms in total. The molecule has 1 heterocycles. The number of nitrogens with zero attached hydrogens (tertiary/aromatic N) is 1. The Morgan fingerprint density at radius 2 is 2.29 bits per heavy atom. The molecule has 7 heavy (non-hydrogen) atoms. The van der Waals surface area contributed by atoms with E-state index in [0.717, 1.165) is 6.54 Å². The summed E-state index contributed by atoms with van der Waals surface area (Å²) in [5.41, 5.74) is 0. The third kappa shape index (κ3) is 1.01. The van der Waals surface area contributed by atoms with Crippen molar-refractivity contribution >= 4 is 11.0 Å². The van der Waals surface area contributed by atoms with E-state index >= 15 is 0 Å². The highest BCUT2D eigenvalue weighted by molar-refractivity contribution is 7.82. The summed E-state index contributed by atoms with van der Waals surface area (Å²) in [6.45, 7) is 3.09. The molecule has 1 rings (SSSR count). The van der Waals surface area contributed by atoms with Crippen molar-refractivity contribution in [2.45, 2.75) is 13.0 Å². The van der Waals surface area contributed by atoms with E-state index < -0.39 is 11.0 Å². The fourth-order valence-electron chi connectivity index (χ4n) is 0.572. The third-order valence-corrected chi connectivity index (χ3v) is 2.30. The summed E-state index contributed by atoms with van der Waals surface area (Å²) in [4.78, 5) is 0. The molecule has 0 radical (unpaired) electrons.